The lowest BCUT2D eigenvalue weighted by Gasteiger charge is -2.02. The van der Waals surface area contributed by atoms with Gasteiger partial charge in [-0.2, -0.15) is 0 Å². The fourth-order valence-corrected chi connectivity index (χ4v) is 1.90. The average Bonchev–Trinajstić information content (AvgIpc) is 2.31. The maximum absolute atomic E-state index is 10.9. The Morgan fingerprint density at radius 3 is 2.50 bits per heavy atom. The van der Waals surface area contributed by atoms with Crippen molar-refractivity contribution < 1.29 is 9.90 Å². The van der Waals surface area contributed by atoms with Crippen molar-refractivity contribution in [2.45, 2.75) is 9.92 Å². The van der Waals surface area contributed by atoms with Crippen molar-refractivity contribution in [3.8, 4) is 0 Å². The first-order chi connectivity index (χ1) is 7.77. The summed E-state index contributed by atoms with van der Waals surface area (Å²) in [5.41, 5.74) is -0.0377. The van der Waals surface area contributed by atoms with Gasteiger partial charge in [0.25, 0.3) is 0 Å². The summed E-state index contributed by atoms with van der Waals surface area (Å²) in [6.45, 7) is 0. The standard InChI is InChI=1S/C10H7N3O2S/c14-10(15)8-9(13-6-5-12-8)16-7-1-3-11-4-2-7/h1-6H,(H,14,15). The molecule has 16 heavy (non-hydrogen) atoms. The number of aromatic nitrogens is 3. The van der Waals surface area contributed by atoms with E-state index in [1.165, 1.54) is 24.2 Å². The van der Waals surface area contributed by atoms with Gasteiger partial charge in [-0.15, -0.1) is 0 Å². The molecule has 2 aromatic heterocycles. The van der Waals surface area contributed by atoms with Crippen LogP contribution in [0.1, 0.15) is 10.5 Å². The molecule has 0 bridgehead atoms. The van der Waals surface area contributed by atoms with E-state index in [1.54, 1.807) is 24.5 Å². The van der Waals surface area contributed by atoms with Crippen LogP contribution in [-0.4, -0.2) is 26.0 Å². The zero-order valence-electron chi connectivity index (χ0n) is 8.07. The second-order valence-electron chi connectivity index (χ2n) is 2.80. The van der Waals surface area contributed by atoms with Crippen LogP contribution in [0.3, 0.4) is 0 Å². The molecule has 0 saturated carbocycles. The summed E-state index contributed by atoms with van der Waals surface area (Å²) in [6, 6.07) is 3.57. The Morgan fingerprint density at radius 2 is 1.81 bits per heavy atom. The smallest absolute Gasteiger partial charge is 0.357 e. The Morgan fingerprint density at radius 1 is 1.12 bits per heavy atom. The fourth-order valence-electron chi connectivity index (χ4n) is 1.06. The monoisotopic (exact) mass is 233 g/mol. The maximum atomic E-state index is 10.9. The molecular weight excluding hydrogens is 226 g/mol. The van der Waals surface area contributed by atoms with Crippen molar-refractivity contribution >= 4 is 17.7 Å². The topological polar surface area (TPSA) is 76.0 Å². The van der Waals surface area contributed by atoms with Crippen LogP contribution in [0.5, 0.6) is 0 Å². The van der Waals surface area contributed by atoms with Crippen LogP contribution >= 0.6 is 11.8 Å². The molecule has 0 aromatic carbocycles. The minimum absolute atomic E-state index is 0.0377. The summed E-state index contributed by atoms with van der Waals surface area (Å²) >= 11 is 1.25. The van der Waals surface area contributed by atoms with E-state index in [-0.39, 0.29) is 5.69 Å². The molecule has 0 fully saturated rings. The van der Waals surface area contributed by atoms with Gasteiger partial charge < -0.3 is 5.11 Å². The number of hydrogen-bond donors (Lipinski definition) is 1. The largest absolute Gasteiger partial charge is 0.476 e. The van der Waals surface area contributed by atoms with Gasteiger partial charge in [-0.3, -0.25) is 4.98 Å². The van der Waals surface area contributed by atoms with E-state index in [1.807, 2.05) is 0 Å². The van der Waals surface area contributed by atoms with E-state index in [4.69, 9.17) is 5.11 Å². The Labute approximate surface area is 95.6 Å². The molecule has 6 heteroatoms. The van der Waals surface area contributed by atoms with Crippen LogP contribution in [0.4, 0.5) is 0 Å². The Kier molecular flexibility index (Phi) is 3.11. The Hall–Kier alpha value is -1.95. The zero-order valence-corrected chi connectivity index (χ0v) is 8.89. The van der Waals surface area contributed by atoms with Crippen molar-refractivity contribution in [3.05, 3.63) is 42.6 Å². The molecule has 5 nitrogen and oxygen atoms in total. The third kappa shape index (κ3) is 2.34. The highest BCUT2D eigenvalue weighted by molar-refractivity contribution is 7.99. The molecule has 0 saturated heterocycles. The van der Waals surface area contributed by atoms with Crippen LogP contribution in [-0.2, 0) is 0 Å². The molecule has 0 unspecified atom stereocenters. The predicted molar refractivity (Wildman–Crippen MR) is 57.4 cm³/mol. The molecule has 2 heterocycles. The Balaban J connectivity index is 2.31. The molecule has 0 spiro atoms. The van der Waals surface area contributed by atoms with Crippen LogP contribution in [0.15, 0.2) is 46.8 Å². The number of carboxylic acids is 1. The van der Waals surface area contributed by atoms with Crippen molar-refractivity contribution in [2.24, 2.45) is 0 Å². The van der Waals surface area contributed by atoms with Gasteiger partial charge in [0.15, 0.2) is 5.69 Å². The summed E-state index contributed by atoms with van der Waals surface area (Å²) < 4.78 is 0. The molecule has 0 aliphatic carbocycles. The molecule has 1 N–H and O–H groups in total. The van der Waals surface area contributed by atoms with Crippen molar-refractivity contribution in [1.29, 1.82) is 0 Å². The molecule has 0 radical (unpaired) electrons. The van der Waals surface area contributed by atoms with E-state index < -0.39 is 5.97 Å². The Bertz CT molecular complexity index is 504. The second kappa shape index (κ2) is 4.71. The molecule has 0 amide bonds. The minimum atomic E-state index is -1.08. The first kappa shape index (κ1) is 10.6. The molecule has 2 aromatic rings. The van der Waals surface area contributed by atoms with E-state index in [2.05, 4.69) is 15.0 Å². The number of hydrogen-bond acceptors (Lipinski definition) is 5. The van der Waals surface area contributed by atoms with E-state index in [9.17, 15) is 4.79 Å². The molecular formula is C10H7N3O2S. The van der Waals surface area contributed by atoms with Crippen molar-refractivity contribution in [1.82, 2.24) is 15.0 Å². The summed E-state index contributed by atoms with van der Waals surface area (Å²) in [5.74, 6) is -1.08. The van der Waals surface area contributed by atoms with E-state index in [0.717, 1.165) is 4.90 Å². The van der Waals surface area contributed by atoms with E-state index in [0.29, 0.717) is 5.03 Å². The zero-order chi connectivity index (χ0) is 11.4. The number of rotatable bonds is 3. The van der Waals surface area contributed by atoms with Gasteiger partial charge in [0, 0.05) is 29.7 Å². The summed E-state index contributed by atoms with van der Waals surface area (Å²) in [7, 11) is 0. The molecule has 0 atom stereocenters. The van der Waals surface area contributed by atoms with Gasteiger partial charge in [-0.05, 0) is 12.1 Å². The third-order valence-electron chi connectivity index (χ3n) is 1.73. The highest BCUT2D eigenvalue weighted by Crippen LogP contribution is 2.26. The predicted octanol–water partition coefficient (Wildman–Crippen LogP) is 1.72. The lowest BCUT2D eigenvalue weighted by molar-refractivity contribution is 0.0685. The van der Waals surface area contributed by atoms with Crippen LogP contribution in [0, 0.1) is 0 Å². The second-order valence-corrected chi connectivity index (χ2v) is 3.86. The number of pyridine rings is 1. The fraction of sp³-hybridized carbons (Fsp3) is 0. The first-order valence-electron chi connectivity index (χ1n) is 4.39. The van der Waals surface area contributed by atoms with Crippen LogP contribution < -0.4 is 0 Å². The lowest BCUT2D eigenvalue weighted by Crippen LogP contribution is -2.03. The molecule has 0 aliphatic heterocycles. The SMILES string of the molecule is O=C(O)c1nccnc1Sc1ccncc1. The van der Waals surface area contributed by atoms with E-state index >= 15 is 0 Å². The summed E-state index contributed by atoms with van der Waals surface area (Å²) in [5, 5.41) is 9.29. The van der Waals surface area contributed by atoms with Gasteiger partial charge in [0.2, 0.25) is 0 Å². The van der Waals surface area contributed by atoms with Gasteiger partial charge >= 0.3 is 5.97 Å². The lowest BCUT2D eigenvalue weighted by atomic mass is 10.5. The summed E-state index contributed by atoms with van der Waals surface area (Å²) in [4.78, 5) is 23.4. The quantitative estimate of drug-likeness (QED) is 0.869. The number of carboxylic acid groups (broad SMARTS) is 1. The molecule has 2 rings (SSSR count). The average molecular weight is 233 g/mol. The van der Waals surface area contributed by atoms with Gasteiger partial charge in [0.05, 0.1) is 0 Å². The molecule has 0 aliphatic rings. The number of aromatic carboxylic acids is 1. The maximum Gasteiger partial charge on any atom is 0.357 e. The normalized spacial score (nSPS) is 10.0. The van der Waals surface area contributed by atoms with Gasteiger partial charge in [-0.25, -0.2) is 14.8 Å². The van der Waals surface area contributed by atoms with Gasteiger partial charge in [0.1, 0.15) is 5.03 Å². The number of carbonyl (C=O) groups is 1. The number of nitrogens with zero attached hydrogens (tertiary/aromatic N) is 3. The summed E-state index contributed by atoms with van der Waals surface area (Å²) in [6.07, 6.45) is 6.11. The van der Waals surface area contributed by atoms with Gasteiger partial charge in [-0.1, -0.05) is 11.8 Å². The highest BCUT2D eigenvalue weighted by atomic mass is 32.2. The molecule has 80 valence electrons. The third-order valence-corrected chi connectivity index (χ3v) is 2.73. The van der Waals surface area contributed by atoms with Crippen molar-refractivity contribution in [3.63, 3.8) is 0 Å². The first-order valence-corrected chi connectivity index (χ1v) is 5.21. The van der Waals surface area contributed by atoms with Crippen LogP contribution in [0.2, 0.25) is 0 Å². The minimum Gasteiger partial charge on any atom is -0.476 e. The highest BCUT2D eigenvalue weighted by Gasteiger charge is 2.13. The van der Waals surface area contributed by atoms with Crippen LogP contribution in [0.25, 0.3) is 0 Å². The van der Waals surface area contributed by atoms with Crippen molar-refractivity contribution in [2.75, 3.05) is 0 Å².